The zero-order valence-electron chi connectivity index (χ0n) is 14.0. The molecule has 0 radical (unpaired) electrons. The molecule has 0 atom stereocenters. The Morgan fingerprint density at radius 2 is 1.95 bits per heavy atom. The zero-order chi connectivity index (χ0) is 17.0. The van der Waals surface area contributed by atoms with Crippen molar-refractivity contribution in [1.82, 2.24) is 14.5 Å². The molecule has 0 amide bonds. The fraction of sp³-hybridized carbons (Fsp3) is 0.786. The maximum Gasteiger partial charge on any atom is 0.244 e. The fourth-order valence-electron chi connectivity index (χ4n) is 2.41. The van der Waals surface area contributed by atoms with Gasteiger partial charge in [-0.15, -0.1) is 0 Å². The Kier molecular flexibility index (Phi) is 6.14. The summed E-state index contributed by atoms with van der Waals surface area (Å²) in [6.07, 6.45) is 3.65. The molecule has 0 saturated carbocycles. The van der Waals surface area contributed by atoms with Gasteiger partial charge in [0.25, 0.3) is 0 Å². The van der Waals surface area contributed by atoms with Crippen molar-refractivity contribution < 1.29 is 18.3 Å². The van der Waals surface area contributed by atoms with E-state index in [-0.39, 0.29) is 4.90 Å². The summed E-state index contributed by atoms with van der Waals surface area (Å²) in [4.78, 5) is 0.0752. The third-order valence-corrected chi connectivity index (χ3v) is 5.78. The van der Waals surface area contributed by atoms with Gasteiger partial charge in [-0.2, -0.15) is 5.10 Å². The fourth-order valence-corrected chi connectivity index (χ4v) is 3.84. The van der Waals surface area contributed by atoms with Crippen LogP contribution in [0.15, 0.2) is 17.3 Å². The predicted octanol–water partition coefficient (Wildman–Crippen LogP) is 1.14. The zero-order valence-corrected chi connectivity index (χ0v) is 14.8. The van der Waals surface area contributed by atoms with E-state index < -0.39 is 21.2 Å². The summed E-state index contributed by atoms with van der Waals surface area (Å²) in [6, 6.07) is 0. The number of ether oxygens (including phenoxy) is 1. The summed E-state index contributed by atoms with van der Waals surface area (Å²) in [6.45, 7) is 7.97. The Bertz CT molecular complexity index is 577. The van der Waals surface area contributed by atoms with Crippen molar-refractivity contribution in [2.24, 2.45) is 0 Å². The summed E-state index contributed by atoms with van der Waals surface area (Å²) < 4.78 is 34.1. The average molecular weight is 333 g/mol. The molecular formula is C14H27N3O4S. The molecule has 8 heteroatoms. The van der Waals surface area contributed by atoms with Crippen molar-refractivity contribution in [3.8, 4) is 0 Å². The topological polar surface area (TPSA) is 93.5 Å². The minimum atomic E-state index is -3.76. The van der Waals surface area contributed by atoms with Crippen LogP contribution in [0.3, 0.4) is 0 Å². The Morgan fingerprint density at radius 1 is 1.36 bits per heavy atom. The second-order valence-corrected chi connectivity index (χ2v) is 7.58. The lowest BCUT2D eigenvalue weighted by Crippen LogP contribution is -2.60. The second kappa shape index (κ2) is 7.08. The maximum absolute atomic E-state index is 12.5. The van der Waals surface area contributed by atoms with Crippen molar-refractivity contribution >= 4 is 10.0 Å². The minimum absolute atomic E-state index is 0.0752. The molecule has 0 spiro atoms. The van der Waals surface area contributed by atoms with Crippen LogP contribution < -0.4 is 4.72 Å². The summed E-state index contributed by atoms with van der Waals surface area (Å²) >= 11 is 0. The van der Waals surface area contributed by atoms with Crippen molar-refractivity contribution in [3.63, 3.8) is 0 Å². The Hall–Kier alpha value is -0.960. The third kappa shape index (κ3) is 4.07. The van der Waals surface area contributed by atoms with Crippen LogP contribution in [-0.2, 0) is 21.3 Å². The summed E-state index contributed by atoms with van der Waals surface area (Å²) in [5.41, 5.74) is -2.12. The van der Waals surface area contributed by atoms with Crippen molar-refractivity contribution in [1.29, 1.82) is 0 Å². The first-order chi connectivity index (χ1) is 10.1. The lowest BCUT2D eigenvalue weighted by Gasteiger charge is -2.41. The molecule has 0 aliphatic rings. The standard InChI is InChI=1S/C14H27N3O4S/c1-6-14(18,7-2)13(3,4)16-22(19,20)12-10-15-17(11-12)8-9-21-5/h10-11,16,18H,6-9H2,1-5H3. The lowest BCUT2D eigenvalue weighted by atomic mass is 9.79. The second-order valence-electron chi connectivity index (χ2n) is 5.90. The molecule has 0 aliphatic heterocycles. The van der Waals surface area contributed by atoms with Gasteiger partial charge in [0.2, 0.25) is 10.0 Å². The van der Waals surface area contributed by atoms with Gasteiger partial charge in [-0.05, 0) is 26.7 Å². The van der Waals surface area contributed by atoms with E-state index in [1.165, 1.54) is 17.1 Å². The van der Waals surface area contributed by atoms with Crippen molar-refractivity contribution in [2.75, 3.05) is 13.7 Å². The van der Waals surface area contributed by atoms with E-state index >= 15 is 0 Å². The molecule has 0 fully saturated rings. The number of nitrogens with zero attached hydrogens (tertiary/aromatic N) is 2. The molecule has 22 heavy (non-hydrogen) atoms. The number of aliphatic hydroxyl groups is 1. The van der Waals surface area contributed by atoms with Gasteiger partial charge in [0.1, 0.15) is 4.90 Å². The van der Waals surface area contributed by atoms with Gasteiger partial charge in [0.05, 0.1) is 30.5 Å². The van der Waals surface area contributed by atoms with Gasteiger partial charge in [-0.3, -0.25) is 4.68 Å². The number of sulfonamides is 1. The number of nitrogens with one attached hydrogen (secondary N) is 1. The van der Waals surface area contributed by atoms with E-state index in [4.69, 9.17) is 4.74 Å². The van der Waals surface area contributed by atoms with Crippen LogP contribution >= 0.6 is 0 Å². The first-order valence-corrected chi connectivity index (χ1v) is 8.88. The van der Waals surface area contributed by atoms with Gasteiger partial charge < -0.3 is 9.84 Å². The highest BCUT2D eigenvalue weighted by atomic mass is 32.2. The van der Waals surface area contributed by atoms with E-state index in [9.17, 15) is 13.5 Å². The molecule has 1 rings (SSSR count). The van der Waals surface area contributed by atoms with E-state index in [0.29, 0.717) is 26.0 Å². The maximum atomic E-state index is 12.5. The van der Waals surface area contributed by atoms with Crippen LogP contribution in [0, 0.1) is 0 Å². The first-order valence-electron chi connectivity index (χ1n) is 7.39. The normalized spacial score (nSPS) is 13.5. The molecule has 0 aromatic carbocycles. The van der Waals surface area contributed by atoms with Crippen LogP contribution in [0.4, 0.5) is 0 Å². The Labute approximate surface area is 132 Å². The van der Waals surface area contributed by atoms with E-state index in [1.54, 1.807) is 21.0 Å². The molecule has 0 unspecified atom stereocenters. The molecule has 0 saturated heterocycles. The highest BCUT2D eigenvalue weighted by Crippen LogP contribution is 2.30. The first kappa shape index (κ1) is 19.1. The van der Waals surface area contributed by atoms with Crippen LogP contribution in [0.25, 0.3) is 0 Å². The van der Waals surface area contributed by atoms with Crippen LogP contribution in [0.5, 0.6) is 0 Å². The molecule has 2 N–H and O–H groups in total. The molecule has 7 nitrogen and oxygen atoms in total. The highest BCUT2D eigenvalue weighted by Gasteiger charge is 2.43. The van der Waals surface area contributed by atoms with Gasteiger partial charge in [0.15, 0.2) is 0 Å². The summed E-state index contributed by atoms with van der Waals surface area (Å²) in [5, 5.41) is 14.6. The smallest absolute Gasteiger partial charge is 0.244 e. The van der Waals surface area contributed by atoms with Gasteiger partial charge in [-0.1, -0.05) is 13.8 Å². The SMILES string of the molecule is CCC(O)(CC)C(C)(C)NS(=O)(=O)c1cnn(CCOC)c1. The molecule has 1 aromatic heterocycles. The Morgan fingerprint density at radius 3 is 2.45 bits per heavy atom. The monoisotopic (exact) mass is 333 g/mol. The Balaban J connectivity index is 2.97. The van der Waals surface area contributed by atoms with E-state index in [2.05, 4.69) is 9.82 Å². The number of hydrogen-bond acceptors (Lipinski definition) is 5. The molecule has 1 heterocycles. The quantitative estimate of drug-likeness (QED) is 0.707. The van der Waals surface area contributed by atoms with Gasteiger partial charge >= 0.3 is 0 Å². The average Bonchev–Trinajstić information content (AvgIpc) is 2.92. The summed E-state index contributed by atoms with van der Waals surface area (Å²) in [7, 11) is -2.19. The van der Waals surface area contributed by atoms with E-state index in [1.807, 2.05) is 13.8 Å². The largest absolute Gasteiger partial charge is 0.388 e. The molecule has 1 aromatic rings. The molecule has 0 aliphatic carbocycles. The van der Waals surface area contributed by atoms with Crippen molar-refractivity contribution in [2.45, 2.75) is 63.1 Å². The van der Waals surface area contributed by atoms with E-state index in [0.717, 1.165) is 0 Å². The van der Waals surface area contributed by atoms with Gasteiger partial charge in [-0.25, -0.2) is 13.1 Å². The van der Waals surface area contributed by atoms with Crippen LogP contribution in [-0.4, -0.2) is 48.2 Å². The number of aromatic nitrogens is 2. The van der Waals surface area contributed by atoms with Crippen LogP contribution in [0.1, 0.15) is 40.5 Å². The highest BCUT2D eigenvalue weighted by molar-refractivity contribution is 7.89. The molecular weight excluding hydrogens is 306 g/mol. The van der Waals surface area contributed by atoms with Crippen LogP contribution in [0.2, 0.25) is 0 Å². The van der Waals surface area contributed by atoms with Gasteiger partial charge in [0, 0.05) is 13.3 Å². The lowest BCUT2D eigenvalue weighted by molar-refractivity contribution is -0.0351. The predicted molar refractivity (Wildman–Crippen MR) is 84.0 cm³/mol. The number of hydrogen-bond donors (Lipinski definition) is 2. The third-order valence-electron chi connectivity index (χ3n) is 4.17. The molecule has 0 bridgehead atoms. The molecule has 128 valence electrons. The minimum Gasteiger partial charge on any atom is -0.388 e. The number of methoxy groups -OCH3 is 1. The number of rotatable bonds is 9. The summed E-state index contributed by atoms with van der Waals surface area (Å²) in [5.74, 6) is 0. The van der Waals surface area contributed by atoms with Crippen molar-refractivity contribution in [3.05, 3.63) is 12.4 Å².